The van der Waals surface area contributed by atoms with E-state index in [-0.39, 0.29) is 25.5 Å². The fraction of sp³-hybridized carbons (Fsp3) is 0.227. The first-order valence-electron chi connectivity index (χ1n) is 16.8. The first kappa shape index (κ1) is 33.5. The number of furan rings is 1. The third kappa shape index (κ3) is 7.36. The van der Waals surface area contributed by atoms with Gasteiger partial charge >= 0.3 is 0 Å². The van der Waals surface area contributed by atoms with Gasteiger partial charge in [0.25, 0.3) is 0 Å². The maximum absolute atomic E-state index is 6.16. The minimum absolute atomic E-state index is 0. The summed E-state index contributed by atoms with van der Waals surface area (Å²) >= 11 is 0. The Bertz CT molecular complexity index is 2080. The summed E-state index contributed by atoms with van der Waals surface area (Å²) < 4.78 is 6.16. The quantitative estimate of drug-likeness (QED) is 0.157. The standard InChI is InChI=1S/C24H22NO.C20H18N.Ir/c1-2-7-17(8-3-1)15-18-13-14-25-22(16-18)21-11-6-10-20-19-9-4-5-12-23(19)26-24(20)21;1-20(2,17-11-7-4-8-12-17)18-13-14-21-19(15-18)16-9-5-3-6-10-16;/h4-6,9-10,12-14,16-17H,1-3,7-8,15H2;3-9,11-15H,1-2H3;/q2*-1;. The van der Waals surface area contributed by atoms with Crippen molar-refractivity contribution in [2.45, 2.75) is 57.8 Å². The van der Waals surface area contributed by atoms with E-state index in [1.54, 1.807) is 0 Å². The van der Waals surface area contributed by atoms with Gasteiger partial charge in [0.15, 0.2) is 0 Å². The molecule has 0 amide bonds. The van der Waals surface area contributed by atoms with Crippen LogP contribution in [-0.2, 0) is 31.9 Å². The van der Waals surface area contributed by atoms with E-state index in [9.17, 15) is 0 Å². The normalized spacial score (nSPS) is 13.5. The molecule has 48 heavy (non-hydrogen) atoms. The molecule has 4 heteroatoms. The second kappa shape index (κ2) is 15.2. The van der Waals surface area contributed by atoms with Crippen molar-refractivity contribution in [3.63, 3.8) is 0 Å². The molecule has 0 spiro atoms. The average Bonchev–Trinajstić information content (AvgIpc) is 3.52. The fourth-order valence-corrected chi connectivity index (χ4v) is 6.88. The molecular formula is C44H40IrN2O-2. The molecule has 243 valence electrons. The Hall–Kier alpha value is -4.37. The molecule has 0 unspecified atom stereocenters. The number of fused-ring (bicyclic) bond motifs is 3. The van der Waals surface area contributed by atoms with Gasteiger partial charge in [-0.3, -0.25) is 0 Å². The zero-order valence-corrected chi connectivity index (χ0v) is 30.0. The first-order chi connectivity index (χ1) is 23.1. The number of para-hydroxylation sites is 1. The molecule has 3 nitrogen and oxygen atoms in total. The van der Waals surface area contributed by atoms with Crippen LogP contribution in [0.3, 0.4) is 0 Å². The van der Waals surface area contributed by atoms with Crippen LogP contribution in [0.15, 0.2) is 132 Å². The Morgan fingerprint density at radius 2 is 1.44 bits per heavy atom. The maximum Gasteiger partial charge on any atom is 0.120 e. The van der Waals surface area contributed by atoms with Crippen molar-refractivity contribution >= 4 is 21.9 Å². The molecule has 0 bridgehead atoms. The number of nitrogens with zero attached hydrogens (tertiary/aromatic N) is 2. The zero-order valence-electron chi connectivity index (χ0n) is 27.6. The second-order valence-electron chi connectivity index (χ2n) is 13.1. The zero-order chi connectivity index (χ0) is 32.1. The molecule has 8 rings (SSSR count). The SMILES string of the molecule is CC(C)(c1ccccc1)c1ccnc(-c2[c-]cccc2)c1.[Ir].[c-]1ccc2c(oc3ccccc32)c1-c1cc(CC2CCCCC2)ccn1. The molecule has 0 N–H and O–H groups in total. The minimum Gasteiger partial charge on any atom is -0.501 e. The Morgan fingerprint density at radius 1 is 0.688 bits per heavy atom. The van der Waals surface area contributed by atoms with Crippen molar-refractivity contribution in [3.8, 4) is 22.5 Å². The molecule has 3 aromatic heterocycles. The van der Waals surface area contributed by atoms with Gasteiger partial charge in [0, 0.05) is 43.3 Å². The Morgan fingerprint density at radius 3 is 2.25 bits per heavy atom. The molecule has 1 fully saturated rings. The number of rotatable bonds is 6. The van der Waals surface area contributed by atoms with Crippen LogP contribution in [0, 0.1) is 18.1 Å². The van der Waals surface area contributed by atoms with E-state index in [0.29, 0.717) is 0 Å². The third-order valence-corrected chi connectivity index (χ3v) is 9.63. The van der Waals surface area contributed by atoms with E-state index < -0.39 is 0 Å². The Kier molecular flexibility index (Phi) is 10.6. The molecular weight excluding hydrogens is 765 g/mol. The summed E-state index contributed by atoms with van der Waals surface area (Å²) in [6, 6.07) is 46.0. The van der Waals surface area contributed by atoms with Gasteiger partial charge in [-0.1, -0.05) is 123 Å². The van der Waals surface area contributed by atoms with Crippen molar-refractivity contribution < 1.29 is 24.5 Å². The van der Waals surface area contributed by atoms with E-state index in [1.165, 1.54) is 48.8 Å². The summed E-state index contributed by atoms with van der Waals surface area (Å²) in [6.45, 7) is 4.49. The molecule has 4 aromatic carbocycles. The molecule has 3 heterocycles. The van der Waals surface area contributed by atoms with Gasteiger partial charge in [0.05, 0.1) is 5.58 Å². The van der Waals surface area contributed by atoms with Crippen LogP contribution in [0.25, 0.3) is 44.5 Å². The molecule has 0 aliphatic heterocycles. The monoisotopic (exact) mass is 805 g/mol. The van der Waals surface area contributed by atoms with Crippen molar-refractivity contribution in [2.75, 3.05) is 0 Å². The number of hydrogen-bond acceptors (Lipinski definition) is 3. The van der Waals surface area contributed by atoms with Crippen LogP contribution in [0.5, 0.6) is 0 Å². The van der Waals surface area contributed by atoms with E-state index in [4.69, 9.17) is 4.42 Å². The van der Waals surface area contributed by atoms with Crippen molar-refractivity contribution in [1.29, 1.82) is 0 Å². The van der Waals surface area contributed by atoms with Gasteiger partial charge < -0.3 is 14.4 Å². The van der Waals surface area contributed by atoms with Crippen LogP contribution in [-0.4, -0.2) is 9.97 Å². The number of hydrogen-bond donors (Lipinski definition) is 0. The van der Waals surface area contributed by atoms with E-state index in [1.807, 2.05) is 54.9 Å². The van der Waals surface area contributed by atoms with Gasteiger partial charge in [-0.25, -0.2) is 0 Å². The second-order valence-corrected chi connectivity index (χ2v) is 13.1. The summed E-state index contributed by atoms with van der Waals surface area (Å²) in [7, 11) is 0. The van der Waals surface area contributed by atoms with E-state index in [0.717, 1.165) is 56.8 Å². The topological polar surface area (TPSA) is 38.9 Å². The molecule has 1 aliphatic rings. The van der Waals surface area contributed by atoms with Crippen molar-refractivity contribution in [1.82, 2.24) is 9.97 Å². The largest absolute Gasteiger partial charge is 0.501 e. The van der Waals surface area contributed by atoms with Crippen LogP contribution in [0.1, 0.15) is 62.6 Å². The van der Waals surface area contributed by atoms with Crippen LogP contribution < -0.4 is 0 Å². The fourth-order valence-electron chi connectivity index (χ4n) is 6.88. The van der Waals surface area contributed by atoms with E-state index in [2.05, 4.69) is 109 Å². The number of benzene rings is 4. The Labute approximate surface area is 297 Å². The summed E-state index contributed by atoms with van der Waals surface area (Å²) in [4.78, 5) is 9.12. The first-order valence-corrected chi connectivity index (χ1v) is 16.8. The van der Waals surface area contributed by atoms with Crippen molar-refractivity contribution in [2.24, 2.45) is 5.92 Å². The molecule has 1 radical (unpaired) electrons. The molecule has 1 aliphatic carbocycles. The third-order valence-electron chi connectivity index (χ3n) is 9.63. The van der Waals surface area contributed by atoms with Crippen LogP contribution >= 0.6 is 0 Å². The van der Waals surface area contributed by atoms with E-state index >= 15 is 0 Å². The predicted molar refractivity (Wildman–Crippen MR) is 193 cm³/mol. The Balaban J connectivity index is 0.000000168. The summed E-state index contributed by atoms with van der Waals surface area (Å²) in [5.41, 5.74) is 9.62. The molecule has 0 saturated heterocycles. The van der Waals surface area contributed by atoms with Gasteiger partial charge in [0.2, 0.25) is 0 Å². The molecule has 7 aromatic rings. The maximum atomic E-state index is 6.16. The molecule has 0 atom stereocenters. The number of aromatic nitrogens is 2. The van der Waals surface area contributed by atoms with Gasteiger partial charge in [0.1, 0.15) is 5.58 Å². The summed E-state index contributed by atoms with van der Waals surface area (Å²) in [6.07, 6.45) is 11.9. The van der Waals surface area contributed by atoms with Crippen LogP contribution in [0.4, 0.5) is 0 Å². The van der Waals surface area contributed by atoms with Gasteiger partial charge in [-0.15, -0.1) is 54.1 Å². The smallest absolute Gasteiger partial charge is 0.120 e. The summed E-state index contributed by atoms with van der Waals surface area (Å²) in [5.74, 6) is 0.824. The predicted octanol–water partition coefficient (Wildman–Crippen LogP) is 11.4. The minimum atomic E-state index is -0.0479. The number of pyridine rings is 2. The van der Waals surface area contributed by atoms with Crippen LogP contribution in [0.2, 0.25) is 0 Å². The average molecular weight is 805 g/mol. The van der Waals surface area contributed by atoms with Gasteiger partial charge in [-0.05, 0) is 53.1 Å². The van der Waals surface area contributed by atoms with Gasteiger partial charge in [-0.2, -0.15) is 0 Å². The molecule has 1 saturated carbocycles. The summed E-state index contributed by atoms with van der Waals surface area (Å²) in [5, 5.41) is 2.28. The van der Waals surface area contributed by atoms with Crippen molar-refractivity contribution in [3.05, 3.63) is 156 Å².